The molecule has 38 heavy (non-hydrogen) atoms. The van der Waals surface area contributed by atoms with E-state index in [1.54, 1.807) is 19.1 Å². The molecule has 1 heterocycles. The fourth-order valence-electron chi connectivity index (χ4n) is 4.27. The Kier molecular flexibility index (Phi) is 7.71. The molecule has 1 amide bonds. The molecule has 0 fully saturated rings. The lowest BCUT2D eigenvalue weighted by Gasteiger charge is -2.20. The number of carbonyl (C=O) groups excluding carboxylic acids is 1. The number of rotatable bonds is 8. The first-order chi connectivity index (χ1) is 17.8. The van der Waals surface area contributed by atoms with Crippen molar-refractivity contribution >= 4 is 32.4 Å². The highest BCUT2D eigenvalue weighted by molar-refractivity contribution is 7.93. The lowest BCUT2D eigenvalue weighted by atomic mass is 10.0. The SMILES string of the molecule is CCOc1cc(C(F)(F)F)ccc1C(=O)NC1Cc2cc(S(=O)(=O)Nc3nnc(C(C)C)s3)ccc2C1C. The highest BCUT2D eigenvalue weighted by Gasteiger charge is 2.34. The largest absolute Gasteiger partial charge is 0.493 e. The summed E-state index contributed by atoms with van der Waals surface area (Å²) < 4.78 is 73.1. The van der Waals surface area contributed by atoms with Crippen molar-refractivity contribution in [2.24, 2.45) is 0 Å². The first-order valence-electron chi connectivity index (χ1n) is 11.9. The van der Waals surface area contributed by atoms with E-state index in [2.05, 4.69) is 20.2 Å². The van der Waals surface area contributed by atoms with Gasteiger partial charge in [0, 0.05) is 17.9 Å². The molecular weight excluding hydrogens is 541 g/mol. The molecular formula is C25H27F3N4O4S2. The smallest absolute Gasteiger partial charge is 0.416 e. The molecule has 4 rings (SSSR count). The predicted molar refractivity (Wildman–Crippen MR) is 137 cm³/mol. The van der Waals surface area contributed by atoms with Crippen LogP contribution in [0, 0.1) is 0 Å². The third-order valence-electron chi connectivity index (χ3n) is 6.28. The van der Waals surface area contributed by atoms with Crippen LogP contribution in [0.3, 0.4) is 0 Å². The highest BCUT2D eigenvalue weighted by atomic mass is 32.2. The van der Waals surface area contributed by atoms with Crippen LogP contribution in [0.15, 0.2) is 41.3 Å². The van der Waals surface area contributed by atoms with Gasteiger partial charge in [-0.2, -0.15) is 13.2 Å². The fraction of sp³-hybridized carbons (Fsp3) is 0.400. The van der Waals surface area contributed by atoms with Gasteiger partial charge in [-0.1, -0.05) is 38.2 Å². The zero-order valence-electron chi connectivity index (χ0n) is 21.1. The maximum absolute atomic E-state index is 13.1. The van der Waals surface area contributed by atoms with Crippen molar-refractivity contribution in [3.63, 3.8) is 0 Å². The molecule has 204 valence electrons. The summed E-state index contributed by atoms with van der Waals surface area (Å²) in [6, 6.07) is 7.14. The molecule has 2 atom stereocenters. The number of nitrogens with one attached hydrogen (secondary N) is 2. The number of amides is 1. The number of benzene rings is 2. The lowest BCUT2D eigenvalue weighted by molar-refractivity contribution is -0.137. The van der Waals surface area contributed by atoms with Gasteiger partial charge in [0.1, 0.15) is 10.8 Å². The van der Waals surface area contributed by atoms with Gasteiger partial charge in [0.2, 0.25) is 5.13 Å². The number of hydrogen-bond donors (Lipinski definition) is 2. The molecule has 2 unspecified atom stereocenters. The molecule has 3 aromatic rings. The molecule has 1 aliphatic carbocycles. The summed E-state index contributed by atoms with van der Waals surface area (Å²) in [5.74, 6) is -0.759. The van der Waals surface area contributed by atoms with E-state index in [0.717, 1.165) is 29.3 Å². The number of alkyl halides is 3. The normalized spacial score (nSPS) is 17.4. The molecule has 8 nitrogen and oxygen atoms in total. The Morgan fingerprint density at radius 1 is 1.18 bits per heavy atom. The van der Waals surface area contributed by atoms with Gasteiger partial charge in [-0.3, -0.25) is 9.52 Å². The molecule has 0 saturated carbocycles. The molecule has 0 radical (unpaired) electrons. The zero-order chi connectivity index (χ0) is 27.8. The van der Waals surface area contributed by atoms with Crippen molar-refractivity contribution in [1.29, 1.82) is 0 Å². The van der Waals surface area contributed by atoms with E-state index in [1.807, 2.05) is 20.8 Å². The van der Waals surface area contributed by atoms with Gasteiger partial charge >= 0.3 is 6.18 Å². The number of anilines is 1. The summed E-state index contributed by atoms with van der Waals surface area (Å²) in [5, 5.41) is 11.7. The number of fused-ring (bicyclic) bond motifs is 1. The summed E-state index contributed by atoms with van der Waals surface area (Å²) >= 11 is 1.17. The van der Waals surface area contributed by atoms with Gasteiger partial charge in [0.25, 0.3) is 15.9 Å². The summed E-state index contributed by atoms with van der Waals surface area (Å²) in [5.41, 5.74) is 0.719. The van der Waals surface area contributed by atoms with E-state index in [-0.39, 0.29) is 39.8 Å². The maximum Gasteiger partial charge on any atom is 0.416 e. The number of ether oxygens (including phenoxy) is 1. The number of nitrogens with zero attached hydrogens (tertiary/aromatic N) is 2. The van der Waals surface area contributed by atoms with Crippen LogP contribution in [0.1, 0.15) is 71.6 Å². The Labute approximate surface area is 222 Å². The minimum atomic E-state index is -4.57. The van der Waals surface area contributed by atoms with Crippen molar-refractivity contribution in [1.82, 2.24) is 15.5 Å². The molecule has 0 aliphatic heterocycles. The Balaban J connectivity index is 1.51. The Morgan fingerprint density at radius 2 is 1.92 bits per heavy atom. The molecule has 1 aliphatic rings. The summed E-state index contributed by atoms with van der Waals surface area (Å²) in [6.07, 6.45) is -4.21. The zero-order valence-corrected chi connectivity index (χ0v) is 22.7. The highest BCUT2D eigenvalue weighted by Crippen LogP contribution is 2.36. The summed E-state index contributed by atoms with van der Waals surface area (Å²) in [6.45, 7) is 7.48. The number of carbonyl (C=O) groups is 1. The molecule has 0 saturated heterocycles. The fourth-order valence-corrected chi connectivity index (χ4v) is 6.29. The number of halogens is 3. The van der Waals surface area contributed by atoms with E-state index in [4.69, 9.17) is 4.74 Å². The Bertz CT molecular complexity index is 1460. The number of aromatic nitrogens is 2. The monoisotopic (exact) mass is 568 g/mol. The standard InChI is InChI=1S/C25H27F3N4O4S2/c1-5-36-21-12-16(25(26,27)28)6-8-19(21)22(33)29-20-11-15-10-17(7-9-18(15)14(20)4)38(34,35)32-24-31-30-23(37-24)13(2)3/h6-10,12-14,20H,5,11H2,1-4H3,(H,29,33)(H,31,32). The van der Waals surface area contributed by atoms with Crippen molar-refractivity contribution in [3.05, 3.63) is 63.7 Å². The van der Waals surface area contributed by atoms with Crippen molar-refractivity contribution < 1.29 is 31.1 Å². The third-order valence-corrected chi connectivity index (χ3v) is 8.89. The van der Waals surface area contributed by atoms with E-state index in [1.165, 1.54) is 17.4 Å². The molecule has 2 N–H and O–H groups in total. The second kappa shape index (κ2) is 10.5. The molecule has 2 aromatic carbocycles. The van der Waals surface area contributed by atoms with Gasteiger partial charge < -0.3 is 10.1 Å². The van der Waals surface area contributed by atoms with E-state index in [0.29, 0.717) is 11.4 Å². The quantitative estimate of drug-likeness (QED) is 0.380. The van der Waals surface area contributed by atoms with Crippen LogP contribution in [0.4, 0.5) is 18.3 Å². The van der Waals surface area contributed by atoms with Crippen molar-refractivity contribution in [2.75, 3.05) is 11.3 Å². The van der Waals surface area contributed by atoms with Crippen molar-refractivity contribution in [2.45, 2.75) is 63.1 Å². The first-order valence-corrected chi connectivity index (χ1v) is 14.2. The molecule has 0 bridgehead atoms. The topological polar surface area (TPSA) is 110 Å². The van der Waals surface area contributed by atoms with Crippen LogP contribution in [0.2, 0.25) is 0 Å². The second-order valence-electron chi connectivity index (χ2n) is 9.28. The Hall–Kier alpha value is -3.19. The maximum atomic E-state index is 13.1. The van der Waals surface area contributed by atoms with Crippen LogP contribution in [-0.2, 0) is 22.6 Å². The molecule has 1 aromatic heterocycles. The Morgan fingerprint density at radius 3 is 2.55 bits per heavy atom. The average molecular weight is 569 g/mol. The second-order valence-corrected chi connectivity index (χ2v) is 12.0. The minimum Gasteiger partial charge on any atom is -0.493 e. The summed E-state index contributed by atoms with van der Waals surface area (Å²) in [7, 11) is -3.91. The van der Waals surface area contributed by atoms with Gasteiger partial charge in [0.15, 0.2) is 0 Å². The van der Waals surface area contributed by atoms with Gasteiger partial charge in [-0.15, -0.1) is 10.2 Å². The van der Waals surface area contributed by atoms with Crippen LogP contribution >= 0.6 is 11.3 Å². The van der Waals surface area contributed by atoms with Gasteiger partial charge in [-0.05, 0) is 54.8 Å². The molecule has 0 spiro atoms. The number of sulfonamides is 1. The van der Waals surface area contributed by atoms with Gasteiger partial charge in [-0.25, -0.2) is 8.42 Å². The van der Waals surface area contributed by atoms with Crippen LogP contribution < -0.4 is 14.8 Å². The first kappa shape index (κ1) is 27.8. The summed E-state index contributed by atoms with van der Waals surface area (Å²) in [4.78, 5) is 13.1. The van der Waals surface area contributed by atoms with Crippen LogP contribution in [0.25, 0.3) is 0 Å². The minimum absolute atomic E-state index is 0.00621. The van der Waals surface area contributed by atoms with Crippen molar-refractivity contribution in [3.8, 4) is 5.75 Å². The van der Waals surface area contributed by atoms with Crippen LogP contribution in [0.5, 0.6) is 5.75 Å². The van der Waals surface area contributed by atoms with Crippen LogP contribution in [-0.4, -0.2) is 37.2 Å². The van der Waals surface area contributed by atoms with E-state index < -0.39 is 33.7 Å². The average Bonchev–Trinajstić information content (AvgIpc) is 3.42. The van der Waals surface area contributed by atoms with E-state index >= 15 is 0 Å². The lowest BCUT2D eigenvalue weighted by Crippen LogP contribution is -2.37. The molecule has 13 heteroatoms. The van der Waals surface area contributed by atoms with E-state index in [9.17, 15) is 26.4 Å². The predicted octanol–water partition coefficient (Wildman–Crippen LogP) is 5.34. The third kappa shape index (κ3) is 5.78. The van der Waals surface area contributed by atoms with Gasteiger partial charge in [0.05, 0.1) is 22.6 Å². The number of hydrogen-bond acceptors (Lipinski definition) is 7.